The van der Waals surface area contributed by atoms with Crippen molar-refractivity contribution in [3.63, 3.8) is 0 Å². The van der Waals surface area contributed by atoms with E-state index in [1.807, 2.05) is 25.2 Å². The smallest absolute Gasteiger partial charge is 0.223 e. The number of methoxy groups -OCH3 is 1. The molecule has 0 aliphatic carbocycles. The first-order valence-corrected chi connectivity index (χ1v) is 9.79. The van der Waals surface area contributed by atoms with E-state index in [-0.39, 0.29) is 11.4 Å². The van der Waals surface area contributed by atoms with Crippen molar-refractivity contribution in [1.82, 2.24) is 9.80 Å². The SMILES string of the molecule is COc1ccc(CN2CCC3(CC2)[C@@H](c2ccccc2)CC(=O)N3C)cc1. The molecule has 0 unspecified atom stereocenters. The standard InChI is InChI=1S/C23H28N2O2/c1-24-22(26)16-21(19-6-4-3-5-7-19)23(24)12-14-25(15-13-23)17-18-8-10-20(27-2)11-9-18/h3-11,21H,12-17H2,1-2H3/t21-/m1/s1. The van der Waals surface area contributed by atoms with Crippen molar-refractivity contribution in [1.29, 1.82) is 0 Å². The number of rotatable bonds is 4. The van der Waals surface area contributed by atoms with Gasteiger partial charge < -0.3 is 9.64 Å². The average molecular weight is 364 g/mol. The van der Waals surface area contributed by atoms with Gasteiger partial charge in [0.25, 0.3) is 0 Å². The molecule has 1 atom stereocenters. The Kier molecular flexibility index (Phi) is 4.92. The molecule has 2 aliphatic heterocycles. The molecule has 4 nitrogen and oxygen atoms in total. The molecule has 2 heterocycles. The van der Waals surface area contributed by atoms with Crippen LogP contribution < -0.4 is 4.74 Å². The zero-order valence-electron chi connectivity index (χ0n) is 16.2. The summed E-state index contributed by atoms with van der Waals surface area (Å²) >= 11 is 0. The summed E-state index contributed by atoms with van der Waals surface area (Å²) in [4.78, 5) is 17.1. The third kappa shape index (κ3) is 3.34. The van der Waals surface area contributed by atoms with Gasteiger partial charge in [0, 0.05) is 39.0 Å². The van der Waals surface area contributed by atoms with Crippen molar-refractivity contribution < 1.29 is 9.53 Å². The first kappa shape index (κ1) is 18.1. The van der Waals surface area contributed by atoms with Gasteiger partial charge in [0.2, 0.25) is 5.91 Å². The lowest BCUT2D eigenvalue weighted by molar-refractivity contribution is -0.130. The van der Waals surface area contributed by atoms with Crippen LogP contribution in [0.5, 0.6) is 5.75 Å². The lowest BCUT2D eigenvalue weighted by Crippen LogP contribution is -2.53. The molecule has 2 aromatic rings. The molecule has 1 amide bonds. The molecule has 0 aromatic heterocycles. The zero-order valence-corrected chi connectivity index (χ0v) is 16.2. The van der Waals surface area contributed by atoms with E-state index in [0.717, 1.165) is 38.2 Å². The zero-order chi connectivity index (χ0) is 18.9. The van der Waals surface area contributed by atoms with Crippen molar-refractivity contribution in [2.75, 3.05) is 27.2 Å². The van der Waals surface area contributed by atoms with Crippen LogP contribution in [0.25, 0.3) is 0 Å². The highest BCUT2D eigenvalue weighted by Gasteiger charge is 2.52. The number of benzene rings is 2. The van der Waals surface area contributed by atoms with E-state index in [1.165, 1.54) is 11.1 Å². The maximum atomic E-state index is 12.6. The van der Waals surface area contributed by atoms with Gasteiger partial charge in [-0.2, -0.15) is 0 Å². The molecule has 2 aromatic carbocycles. The number of hydrogen-bond donors (Lipinski definition) is 0. The molecule has 27 heavy (non-hydrogen) atoms. The predicted octanol–water partition coefficient (Wildman–Crippen LogP) is 3.68. The molecule has 0 radical (unpaired) electrons. The monoisotopic (exact) mass is 364 g/mol. The van der Waals surface area contributed by atoms with Gasteiger partial charge in [-0.25, -0.2) is 0 Å². The van der Waals surface area contributed by atoms with Gasteiger partial charge in [-0.05, 0) is 36.1 Å². The highest BCUT2D eigenvalue weighted by Crippen LogP contribution is 2.48. The minimum absolute atomic E-state index is 0.0329. The topological polar surface area (TPSA) is 32.8 Å². The van der Waals surface area contributed by atoms with E-state index >= 15 is 0 Å². The van der Waals surface area contributed by atoms with Crippen molar-refractivity contribution in [2.45, 2.75) is 37.3 Å². The van der Waals surface area contributed by atoms with Crippen LogP contribution in [0.3, 0.4) is 0 Å². The van der Waals surface area contributed by atoms with Crippen LogP contribution in [0, 0.1) is 0 Å². The number of piperidine rings is 1. The molecule has 2 fully saturated rings. The van der Waals surface area contributed by atoms with E-state index < -0.39 is 0 Å². The molecule has 0 N–H and O–H groups in total. The Balaban J connectivity index is 1.47. The Morgan fingerprint density at radius 3 is 2.33 bits per heavy atom. The first-order valence-electron chi connectivity index (χ1n) is 9.79. The van der Waals surface area contributed by atoms with Crippen LogP contribution >= 0.6 is 0 Å². The minimum Gasteiger partial charge on any atom is -0.497 e. The summed E-state index contributed by atoms with van der Waals surface area (Å²) in [6, 6.07) is 18.9. The third-order valence-corrected chi connectivity index (χ3v) is 6.56. The van der Waals surface area contributed by atoms with Gasteiger partial charge in [-0.1, -0.05) is 42.5 Å². The maximum Gasteiger partial charge on any atom is 0.223 e. The molecule has 4 rings (SSSR count). The van der Waals surface area contributed by atoms with E-state index in [4.69, 9.17) is 4.74 Å². The maximum absolute atomic E-state index is 12.6. The number of amides is 1. The predicted molar refractivity (Wildman–Crippen MR) is 107 cm³/mol. The number of nitrogens with zero attached hydrogens (tertiary/aromatic N) is 2. The van der Waals surface area contributed by atoms with Gasteiger partial charge in [0.05, 0.1) is 12.6 Å². The van der Waals surface area contributed by atoms with Crippen LogP contribution in [0.4, 0.5) is 0 Å². The molecule has 0 saturated carbocycles. The molecule has 2 saturated heterocycles. The molecule has 2 aliphatic rings. The number of likely N-dealkylation sites (N-methyl/N-ethyl adjacent to an activating group) is 1. The second-order valence-corrected chi connectivity index (χ2v) is 7.85. The lowest BCUT2D eigenvalue weighted by Gasteiger charge is -2.47. The fourth-order valence-electron chi connectivity index (χ4n) is 4.87. The van der Waals surface area contributed by atoms with Crippen molar-refractivity contribution in [3.8, 4) is 5.75 Å². The molecule has 4 heteroatoms. The van der Waals surface area contributed by atoms with Crippen LogP contribution in [-0.2, 0) is 11.3 Å². The first-order chi connectivity index (χ1) is 13.1. The van der Waals surface area contributed by atoms with E-state index in [0.29, 0.717) is 12.3 Å². The second kappa shape index (κ2) is 7.35. The van der Waals surface area contributed by atoms with Crippen LogP contribution in [0.2, 0.25) is 0 Å². The summed E-state index contributed by atoms with van der Waals surface area (Å²) < 4.78 is 5.25. The fraction of sp³-hybridized carbons (Fsp3) is 0.435. The fourth-order valence-corrected chi connectivity index (χ4v) is 4.87. The summed E-state index contributed by atoms with van der Waals surface area (Å²) in [6.07, 6.45) is 2.70. The molecule has 0 bridgehead atoms. The van der Waals surface area contributed by atoms with Crippen molar-refractivity contribution >= 4 is 5.91 Å². The Hall–Kier alpha value is -2.33. The number of hydrogen-bond acceptors (Lipinski definition) is 3. The largest absolute Gasteiger partial charge is 0.497 e. The Morgan fingerprint density at radius 2 is 1.70 bits per heavy atom. The molecule has 142 valence electrons. The quantitative estimate of drug-likeness (QED) is 0.830. The summed E-state index contributed by atoms with van der Waals surface area (Å²) in [5.41, 5.74) is 2.58. The van der Waals surface area contributed by atoms with Gasteiger partial charge >= 0.3 is 0 Å². The van der Waals surface area contributed by atoms with Crippen LogP contribution in [0.1, 0.15) is 36.3 Å². The van der Waals surface area contributed by atoms with Gasteiger partial charge in [0.1, 0.15) is 5.75 Å². The Bertz CT molecular complexity index is 780. The van der Waals surface area contributed by atoms with E-state index in [9.17, 15) is 4.79 Å². The van der Waals surface area contributed by atoms with Gasteiger partial charge in [0.15, 0.2) is 0 Å². The summed E-state index contributed by atoms with van der Waals surface area (Å²) in [6.45, 7) is 2.99. The second-order valence-electron chi connectivity index (χ2n) is 7.85. The van der Waals surface area contributed by atoms with E-state index in [1.54, 1.807) is 7.11 Å². The molecule has 1 spiro atoms. The van der Waals surface area contributed by atoms with Crippen LogP contribution in [0.15, 0.2) is 54.6 Å². The number of likely N-dealkylation sites (tertiary alicyclic amines) is 2. The number of carbonyl (C=O) groups is 1. The van der Waals surface area contributed by atoms with E-state index in [2.05, 4.69) is 46.2 Å². The minimum atomic E-state index is -0.0329. The summed E-state index contributed by atoms with van der Waals surface area (Å²) in [5, 5.41) is 0. The van der Waals surface area contributed by atoms with Gasteiger partial charge in [-0.3, -0.25) is 9.69 Å². The number of ether oxygens (including phenoxy) is 1. The Labute approximate surface area is 161 Å². The third-order valence-electron chi connectivity index (χ3n) is 6.56. The van der Waals surface area contributed by atoms with Crippen molar-refractivity contribution in [3.05, 3.63) is 65.7 Å². The molecular formula is C23H28N2O2. The summed E-state index contributed by atoms with van der Waals surface area (Å²) in [7, 11) is 3.70. The average Bonchev–Trinajstić information content (AvgIpc) is 2.96. The normalized spacial score (nSPS) is 22.4. The summed E-state index contributed by atoms with van der Waals surface area (Å²) in [5.74, 6) is 1.49. The highest BCUT2D eigenvalue weighted by atomic mass is 16.5. The molecular weight excluding hydrogens is 336 g/mol. The lowest BCUT2D eigenvalue weighted by atomic mass is 9.73. The Morgan fingerprint density at radius 1 is 1.04 bits per heavy atom. The number of carbonyl (C=O) groups excluding carboxylic acids is 1. The van der Waals surface area contributed by atoms with Crippen molar-refractivity contribution in [2.24, 2.45) is 0 Å². The van der Waals surface area contributed by atoms with Crippen LogP contribution in [-0.4, -0.2) is 48.5 Å². The highest BCUT2D eigenvalue weighted by molar-refractivity contribution is 5.81. The van der Waals surface area contributed by atoms with Gasteiger partial charge in [-0.15, -0.1) is 0 Å².